The van der Waals surface area contributed by atoms with E-state index in [0.717, 1.165) is 19.1 Å². The highest BCUT2D eigenvalue weighted by Crippen LogP contribution is 2.17. The van der Waals surface area contributed by atoms with Crippen molar-refractivity contribution in [3.8, 4) is 5.75 Å². The molecule has 0 unspecified atom stereocenters. The Balaban J connectivity index is 1.73. The first-order valence-electron chi connectivity index (χ1n) is 7.75. The van der Waals surface area contributed by atoms with E-state index in [1.807, 2.05) is 0 Å². The molecule has 4 nitrogen and oxygen atoms in total. The van der Waals surface area contributed by atoms with Crippen LogP contribution in [0.1, 0.15) is 55.3 Å². The van der Waals surface area contributed by atoms with E-state index < -0.39 is 0 Å². The normalized spacial score (nSPS) is 16.6. The van der Waals surface area contributed by atoms with E-state index in [9.17, 15) is 9.59 Å². The summed E-state index contributed by atoms with van der Waals surface area (Å²) in [4.78, 5) is 22.5. The van der Waals surface area contributed by atoms with E-state index in [1.165, 1.54) is 32.1 Å². The van der Waals surface area contributed by atoms with Gasteiger partial charge in [0.2, 0.25) is 0 Å². The zero-order chi connectivity index (χ0) is 14.9. The van der Waals surface area contributed by atoms with Gasteiger partial charge in [-0.2, -0.15) is 0 Å². The number of rotatable bonds is 5. The number of benzene rings is 1. The molecule has 1 aliphatic carbocycles. The molecule has 4 heteroatoms. The van der Waals surface area contributed by atoms with Crippen molar-refractivity contribution in [2.45, 2.75) is 51.0 Å². The SMILES string of the molecule is O=Cc1ccc(OCC(=O)NC2CCCCCCC2)cc1. The molecule has 1 saturated carbocycles. The summed E-state index contributed by atoms with van der Waals surface area (Å²) in [5.41, 5.74) is 0.598. The maximum Gasteiger partial charge on any atom is 0.258 e. The van der Waals surface area contributed by atoms with Gasteiger partial charge in [0.15, 0.2) is 6.61 Å². The highest BCUT2D eigenvalue weighted by molar-refractivity contribution is 5.78. The van der Waals surface area contributed by atoms with Crippen LogP contribution in [-0.2, 0) is 4.79 Å². The summed E-state index contributed by atoms with van der Waals surface area (Å²) >= 11 is 0. The summed E-state index contributed by atoms with van der Waals surface area (Å²) in [6.45, 7) is 0.0247. The van der Waals surface area contributed by atoms with Crippen LogP contribution in [-0.4, -0.2) is 24.8 Å². The largest absolute Gasteiger partial charge is 0.484 e. The number of aldehydes is 1. The van der Waals surface area contributed by atoms with Gasteiger partial charge in [0, 0.05) is 11.6 Å². The van der Waals surface area contributed by atoms with Gasteiger partial charge in [-0.05, 0) is 37.1 Å². The van der Waals surface area contributed by atoms with Crippen LogP contribution >= 0.6 is 0 Å². The molecule has 114 valence electrons. The van der Waals surface area contributed by atoms with Crippen LogP contribution in [0.3, 0.4) is 0 Å². The Morgan fingerprint density at radius 1 is 1.10 bits per heavy atom. The minimum Gasteiger partial charge on any atom is -0.484 e. The van der Waals surface area contributed by atoms with Crippen molar-refractivity contribution in [1.29, 1.82) is 0 Å². The molecule has 1 N–H and O–H groups in total. The fourth-order valence-electron chi connectivity index (χ4n) is 2.66. The van der Waals surface area contributed by atoms with Crippen LogP contribution in [0.2, 0.25) is 0 Å². The van der Waals surface area contributed by atoms with Crippen molar-refractivity contribution < 1.29 is 14.3 Å². The monoisotopic (exact) mass is 289 g/mol. The Morgan fingerprint density at radius 3 is 2.33 bits per heavy atom. The second-order valence-corrected chi connectivity index (χ2v) is 5.59. The molecule has 1 aliphatic rings. The number of hydrogen-bond acceptors (Lipinski definition) is 3. The van der Waals surface area contributed by atoms with Crippen molar-refractivity contribution in [3.05, 3.63) is 29.8 Å². The summed E-state index contributed by atoms with van der Waals surface area (Å²) < 4.78 is 5.44. The average molecular weight is 289 g/mol. The Hall–Kier alpha value is -1.84. The minimum absolute atomic E-state index is 0.0247. The molecular weight excluding hydrogens is 266 g/mol. The van der Waals surface area contributed by atoms with Gasteiger partial charge in [0.25, 0.3) is 5.91 Å². The first-order chi connectivity index (χ1) is 10.3. The van der Waals surface area contributed by atoms with Gasteiger partial charge in [0.1, 0.15) is 12.0 Å². The van der Waals surface area contributed by atoms with E-state index >= 15 is 0 Å². The fourth-order valence-corrected chi connectivity index (χ4v) is 2.66. The third-order valence-corrected chi connectivity index (χ3v) is 3.86. The lowest BCUT2D eigenvalue weighted by molar-refractivity contribution is -0.123. The van der Waals surface area contributed by atoms with Crippen molar-refractivity contribution in [2.24, 2.45) is 0 Å². The van der Waals surface area contributed by atoms with Gasteiger partial charge < -0.3 is 10.1 Å². The topological polar surface area (TPSA) is 55.4 Å². The van der Waals surface area contributed by atoms with Crippen LogP contribution in [0.4, 0.5) is 0 Å². The first-order valence-corrected chi connectivity index (χ1v) is 7.75. The van der Waals surface area contributed by atoms with Crippen molar-refractivity contribution in [3.63, 3.8) is 0 Å². The molecular formula is C17H23NO3. The lowest BCUT2D eigenvalue weighted by Crippen LogP contribution is -2.38. The molecule has 0 aromatic heterocycles. The maximum atomic E-state index is 11.9. The summed E-state index contributed by atoms with van der Waals surface area (Å²) in [5.74, 6) is 0.536. The van der Waals surface area contributed by atoms with E-state index in [1.54, 1.807) is 24.3 Å². The number of carbonyl (C=O) groups excluding carboxylic acids is 2. The van der Waals surface area contributed by atoms with Gasteiger partial charge >= 0.3 is 0 Å². The van der Waals surface area contributed by atoms with Gasteiger partial charge in [-0.1, -0.05) is 32.1 Å². The third-order valence-electron chi connectivity index (χ3n) is 3.86. The second-order valence-electron chi connectivity index (χ2n) is 5.59. The molecule has 1 fully saturated rings. The molecule has 0 bridgehead atoms. The predicted octanol–water partition coefficient (Wildman–Crippen LogP) is 3.11. The van der Waals surface area contributed by atoms with Gasteiger partial charge in [-0.15, -0.1) is 0 Å². The van der Waals surface area contributed by atoms with Crippen LogP contribution in [0.5, 0.6) is 5.75 Å². The Bertz CT molecular complexity index is 448. The molecule has 2 rings (SSSR count). The summed E-state index contributed by atoms with van der Waals surface area (Å²) in [7, 11) is 0. The predicted molar refractivity (Wildman–Crippen MR) is 81.6 cm³/mol. The Morgan fingerprint density at radius 2 is 1.71 bits per heavy atom. The smallest absolute Gasteiger partial charge is 0.258 e. The number of hydrogen-bond donors (Lipinski definition) is 1. The van der Waals surface area contributed by atoms with E-state index in [0.29, 0.717) is 17.4 Å². The van der Waals surface area contributed by atoms with Gasteiger partial charge in [-0.3, -0.25) is 9.59 Å². The maximum absolute atomic E-state index is 11.9. The number of carbonyl (C=O) groups is 2. The highest BCUT2D eigenvalue weighted by Gasteiger charge is 2.14. The molecule has 0 radical (unpaired) electrons. The lowest BCUT2D eigenvalue weighted by Gasteiger charge is -2.21. The lowest BCUT2D eigenvalue weighted by atomic mass is 9.97. The fraction of sp³-hybridized carbons (Fsp3) is 0.529. The minimum atomic E-state index is -0.0694. The Labute approximate surface area is 125 Å². The molecule has 1 aromatic rings. The molecule has 0 spiro atoms. The molecule has 0 atom stereocenters. The summed E-state index contributed by atoms with van der Waals surface area (Å²) in [6, 6.07) is 7.04. The van der Waals surface area contributed by atoms with Crippen LogP contribution in [0.15, 0.2) is 24.3 Å². The third kappa shape index (κ3) is 5.58. The summed E-state index contributed by atoms with van der Waals surface area (Å²) in [6.07, 6.45) is 9.17. The highest BCUT2D eigenvalue weighted by atomic mass is 16.5. The standard InChI is InChI=1S/C17H23NO3/c19-12-14-8-10-16(11-9-14)21-13-17(20)18-15-6-4-2-1-3-5-7-15/h8-12,15H,1-7,13H2,(H,18,20). The number of amides is 1. The zero-order valence-corrected chi connectivity index (χ0v) is 12.3. The Kier molecular flexibility index (Phi) is 6.25. The number of nitrogens with one attached hydrogen (secondary N) is 1. The first kappa shape index (κ1) is 15.5. The number of ether oxygens (including phenoxy) is 1. The summed E-state index contributed by atoms with van der Waals surface area (Å²) in [5, 5.41) is 3.06. The van der Waals surface area contributed by atoms with E-state index in [-0.39, 0.29) is 12.5 Å². The van der Waals surface area contributed by atoms with Crippen LogP contribution in [0.25, 0.3) is 0 Å². The van der Waals surface area contributed by atoms with Crippen LogP contribution < -0.4 is 10.1 Å². The average Bonchev–Trinajstić information content (AvgIpc) is 2.48. The molecule has 0 heterocycles. The quantitative estimate of drug-likeness (QED) is 0.847. The van der Waals surface area contributed by atoms with Gasteiger partial charge in [0.05, 0.1) is 0 Å². The molecule has 21 heavy (non-hydrogen) atoms. The molecule has 1 aromatic carbocycles. The van der Waals surface area contributed by atoms with Crippen molar-refractivity contribution in [2.75, 3.05) is 6.61 Å². The van der Waals surface area contributed by atoms with E-state index in [2.05, 4.69) is 5.32 Å². The molecule has 1 amide bonds. The molecule has 0 aliphatic heterocycles. The van der Waals surface area contributed by atoms with Crippen molar-refractivity contribution >= 4 is 12.2 Å². The van der Waals surface area contributed by atoms with Gasteiger partial charge in [-0.25, -0.2) is 0 Å². The second kappa shape index (κ2) is 8.45. The van der Waals surface area contributed by atoms with E-state index in [4.69, 9.17) is 4.74 Å². The molecule has 0 saturated heterocycles. The van der Waals surface area contributed by atoms with Crippen molar-refractivity contribution in [1.82, 2.24) is 5.32 Å². The zero-order valence-electron chi connectivity index (χ0n) is 12.3. The van der Waals surface area contributed by atoms with Crippen LogP contribution in [0, 0.1) is 0 Å².